The SMILES string of the molecule is CC(C)c1cnn(COCC[Si](C)(C)C)c(=O)c1. The lowest BCUT2D eigenvalue weighted by Gasteiger charge is -2.15. The van der Waals surface area contributed by atoms with Crippen molar-refractivity contribution in [1.82, 2.24) is 9.78 Å². The van der Waals surface area contributed by atoms with Gasteiger partial charge in [-0.05, 0) is 17.5 Å². The molecular weight excluding hydrogens is 244 g/mol. The van der Waals surface area contributed by atoms with Gasteiger partial charge >= 0.3 is 0 Å². The van der Waals surface area contributed by atoms with Crippen LogP contribution in [0.25, 0.3) is 0 Å². The fraction of sp³-hybridized carbons (Fsp3) is 0.692. The van der Waals surface area contributed by atoms with E-state index in [0.29, 0.717) is 12.5 Å². The van der Waals surface area contributed by atoms with Crippen molar-refractivity contribution in [1.29, 1.82) is 0 Å². The molecule has 0 aliphatic carbocycles. The topological polar surface area (TPSA) is 44.1 Å². The Morgan fingerprint density at radius 3 is 2.56 bits per heavy atom. The van der Waals surface area contributed by atoms with Crippen LogP contribution in [-0.2, 0) is 11.5 Å². The Balaban J connectivity index is 2.51. The number of aromatic nitrogens is 2. The van der Waals surface area contributed by atoms with Crippen molar-refractivity contribution in [2.75, 3.05) is 6.61 Å². The van der Waals surface area contributed by atoms with Gasteiger partial charge in [0.05, 0.1) is 6.20 Å². The lowest BCUT2D eigenvalue weighted by Crippen LogP contribution is -2.26. The molecule has 1 rings (SSSR count). The average molecular weight is 268 g/mol. The second-order valence-electron chi connectivity index (χ2n) is 6.13. The summed E-state index contributed by atoms with van der Waals surface area (Å²) in [7, 11) is -1.07. The highest BCUT2D eigenvalue weighted by atomic mass is 28.3. The third-order valence-electron chi connectivity index (χ3n) is 2.77. The molecule has 1 heterocycles. The normalized spacial score (nSPS) is 12.1. The van der Waals surface area contributed by atoms with Crippen molar-refractivity contribution in [2.45, 2.75) is 52.2 Å². The molecule has 0 bridgehead atoms. The number of rotatable bonds is 6. The summed E-state index contributed by atoms with van der Waals surface area (Å²) >= 11 is 0. The van der Waals surface area contributed by atoms with Gasteiger partial charge in [0, 0.05) is 20.7 Å². The lowest BCUT2D eigenvalue weighted by molar-refractivity contribution is 0.0748. The highest BCUT2D eigenvalue weighted by Gasteiger charge is 2.12. The van der Waals surface area contributed by atoms with E-state index in [1.54, 1.807) is 12.3 Å². The molecule has 18 heavy (non-hydrogen) atoms. The zero-order valence-electron chi connectivity index (χ0n) is 12.1. The largest absolute Gasteiger partial charge is 0.359 e. The van der Waals surface area contributed by atoms with Gasteiger partial charge in [-0.1, -0.05) is 33.5 Å². The molecule has 0 N–H and O–H groups in total. The Kier molecular flexibility index (Phi) is 5.28. The van der Waals surface area contributed by atoms with Crippen LogP contribution in [0, 0.1) is 0 Å². The smallest absolute Gasteiger partial charge is 0.269 e. The molecule has 102 valence electrons. The second-order valence-corrected chi connectivity index (χ2v) is 11.8. The molecule has 0 radical (unpaired) electrons. The van der Waals surface area contributed by atoms with Crippen molar-refractivity contribution >= 4 is 8.07 Å². The first-order chi connectivity index (χ1) is 8.29. The minimum atomic E-state index is -1.07. The maximum atomic E-state index is 11.8. The molecule has 4 nitrogen and oxygen atoms in total. The summed E-state index contributed by atoms with van der Waals surface area (Å²) < 4.78 is 6.88. The molecule has 0 aromatic carbocycles. The van der Waals surface area contributed by atoms with Gasteiger partial charge in [0.15, 0.2) is 0 Å². The molecule has 0 saturated carbocycles. The van der Waals surface area contributed by atoms with E-state index >= 15 is 0 Å². The first-order valence-corrected chi connectivity index (χ1v) is 10.1. The molecule has 1 aromatic heterocycles. The van der Waals surface area contributed by atoms with E-state index in [4.69, 9.17) is 4.74 Å². The lowest BCUT2D eigenvalue weighted by atomic mass is 10.1. The predicted molar refractivity (Wildman–Crippen MR) is 76.7 cm³/mol. The standard InChI is InChI=1S/C13H24N2O2Si/c1-11(2)12-8-13(16)15(14-9-12)10-17-6-7-18(3,4)5/h8-9,11H,6-7,10H2,1-5H3. The minimum Gasteiger partial charge on any atom is -0.359 e. The van der Waals surface area contributed by atoms with Crippen molar-refractivity contribution in [3.63, 3.8) is 0 Å². The van der Waals surface area contributed by atoms with E-state index in [1.807, 2.05) is 13.8 Å². The molecule has 0 saturated heterocycles. The molecule has 1 aromatic rings. The van der Waals surface area contributed by atoms with E-state index < -0.39 is 8.07 Å². The molecule has 5 heteroatoms. The Morgan fingerprint density at radius 2 is 2.06 bits per heavy atom. The summed E-state index contributed by atoms with van der Waals surface area (Å²) in [6, 6.07) is 2.74. The Labute approximate surface area is 110 Å². The van der Waals surface area contributed by atoms with Crippen molar-refractivity contribution in [3.05, 3.63) is 28.2 Å². The van der Waals surface area contributed by atoms with Gasteiger partial charge in [-0.2, -0.15) is 5.10 Å². The average Bonchev–Trinajstić information content (AvgIpc) is 2.24. The minimum absolute atomic E-state index is 0.0887. The second kappa shape index (κ2) is 6.29. The van der Waals surface area contributed by atoms with Crippen LogP contribution in [0.1, 0.15) is 25.3 Å². The van der Waals surface area contributed by atoms with Gasteiger partial charge in [0.25, 0.3) is 5.56 Å². The summed E-state index contributed by atoms with van der Waals surface area (Å²) in [4.78, 5) is 11.8. The number of hydrogen-bond donors (Lipinski definition) is 0. The van der Waals surface area contributed by atoms with Gasteiger partial charge < -0.3 is 4.74 Å². The first kappa shape index (κ1) is 15.1. The third-order valence-corrected chi connectivity index (χ3v) is 4.47. The first-order valence-electron chi connectivity index (χ1n) is 6.44. The van der Waals surface area contributed by atoms with Crippen LogP contribution in [-0.4, -0.2) is 24.5 Å². The molecule has 0 atom stereocenters. The van der Waals surface area contributed by atoms with Crippen LogP contribution in [0.15, 0.2) is 17.1 Å². The predicted octanol–water partition coefficient (Wildman–Crippen LogP) is 2.68. The maximum absolute atomic E-state index is 11.8. The molecule has 0 spiro atoms. The maximum Gasteiger partial charge on any atom is 0.269 e. The quantitative estimate of drug-likeness (QED) is 0.588. The van der Waals surface area contributed by atoms with Gasteiger partial charge in [0.2, 0.25) is 0 Å². The van der Waals surface area contributed by atoms with Gasteiger partial charge in [-0.15, -0.1) is 0 Å². The monoisotopic (exact) mass is 268 g/mol. The van der Waals surface area contributed by atoms with Crippen LogP contribution >= 0.6 is 0 Å². The van der Waals surface area contributed by atoms with E-state index in [1.165, 1.54) is 4.68 Å². The van der Waals surface area contributed by atoms with E-state index in [-0.39, 0.29) is 12.3 Å². The van der Waals surface area contributed by atoms with Crippen molar-refractivity contribution < 1.29 is 4.74 Å². The fourth-order valence-corrected chi connectivity index (χ4v) is 2.15. The van der Waals surface area contributed by atoms with Gasteiger partial charge in [-0.3, -0.25) is 4.79 Å². The highest BCUT2D eigenvalue weighted by Crippen LogP contribution is 2.09. The summed E-state index contributed by atoms with van der Waals surface area (Å²) in [5.74, 6) is 0.327. The zero-order chi connectivity index (χ0) is 13.8. The molecule has 0 amide bonds. The van der Waals surface area contributed by atoms with Crippen LogP contribution in [0.3, 0.4) is 0 Å². The molecule has 0 fully saturated rings. The molecular formula is C13H24N2O2Si. The van der Waals surface area contributed by atoms with E-state index in [9.17, 15) is 4.79 Å². The summed E-state index contributed by atoms with van der Waals surface area (Å²) in [6.07, 6.45) is 1.74. The van der Waals surface area contributed by atoms with Crippen molar-refractivity contribution in [2.24, 2.45) is 0 Å². The van der Waals surface area contributed by atoms with E-state index in [2.05, 4.69) is 24.7 Å². The molecule has 0 aliphatic heterocycles. The number of ether oxygens (including phenoxy) is 1. The summed E-state index contributed by atoms with van der Waals surface area (Å²) in [5, 5.41) is 4.12. The highest BCUT2D eigenvalue weighted by molar-refractivity contribution is 6.76. The molecule has 0 unspecified atom stereocenters. The fourth-order valence-electron chi connectivity index (χ4n) is 1.39. The Bertz CT molecular complexity index is 435. The molecule has 0 aliphatic rings. The van der Waals surface area contributed by atoms with Gasteiger partial charge in [0.1, 0.15) is 6.73 Å². The third kappa shape index (κ3) is 5.14. The summed E-state index contributed by atoms with van der Waals surface area (Å²) in [5.41, 5.74) is 0.882. The Morgan fingerprint density at radius 1 is 1.39 bits per heavy atom. The summed E-state index contributed by atoms with van der Waals surface area (Å²) in [6.45, 7) is 12.0. The van der Waals surface area contributed by atoms with Crippen LogP contribution in [0.4, 0.5) is 0 Å². The van der Waals surface area contributed by atoms with Gasteiger partial charge in [-0.25, -0.2) is 4.68 Å². The number of nitrogens with zero attached hydrogens (tertiary/aromatic N) is 2. The Hall–Kier alpha value is -0.943. The van der Waals surface area contributed by atoms with Crippen molar-refractivity contribution in [3.8, 4) is 0 Å². The van der Waals surface area contributed by atoms with Crippen LogP contribution < -0.4 is 5.56 Å². The zero-order valence-corrected chi connectivity index (χ0v) is 13.1. The van der Waals surface area contributed by atoms with E-state index in [0.717, 1.165) is 11.6 Å². The van der Waals surface area contributed by atoms with Crippen LogP contribution in [0.2, 0.25) is 25.7 Å². The number of hydrogen-bond acceptors (Lipinski definition) is 3. The van der Waals surface area contributed by atoms with Crippen LogP contribution in [0.5, 0.6) is 0 Å².